The second-order valence-electron chi connectivity index (χ2n) is 4.89. The third-order valence-corrected chi connectivity index (χ3v) is 3.95. The van der Waals surface area contributed by atoms with E-state index in [1.165, 1.54) is 5.56 Å². The molecule has 0 unspecified atom stereocenters. The second kappa shape index (κ2) is 7.24. The molecule has 112 valence electrons. The van der Waals surface area contributed by atoms with Crippen molar-refractivity contribution < 1.29 is 13.0 Å². The molecule has 2 aromatic rings. The molecule has 0 aliphatic carbocycles. The number of benzene rings is 2. The Labute approximate surface area is 125 Å². The van der Waals surface area contributed by atoms with Gasteiger partial charge in [-0.15, -0.1) is 0 Å². The van der Waals surface area contributed by atoms with Crippen LogP contribution in [0.15, 0.2) is 54.6 Å². The quantitative estimate of drug-likeness (QED) is 0.609. The van der Waals surface area contributed by atoms with Gasteiger partial charge < -0.3 is 5.32 Å². The normalized spacial score (nSPS) is 11.3. The minimum absolute atomic E-state index is 0.221. The van der Waals surface area contributed by atoms with Crippen molar-refractivity contribution in [2.75, 3.05) is 17.6 Å². The summed E-state index contributed by atoms with van der Waals surface area (Å²) in [7, 11) is -3.88. The fourth-order valence-corrected chi connectivity index (χ4v) is 2.65. The van der Waals surface area contributed by atoms with Crippen LogP contribution in [0.4, 0.5) is 5.69 Å². The molecule has 0 saturated carbocycles. The summed E-state index contributed by atoms with van der Waals surface area (Å²) in [6, 6.07) is 18.1. The van der Waals surface area contributed by atoms with Gasteiger partial charge in [-0.3, -0.25) is 4.55 Å². The van der Waals surface area contributed by atoms with Crippen molar-refractivity contribution in [3.8, 4) is 0 Å². The maximum absolute atomic E-state index is 10.7. The molecule has 0 atom stereocenters. The Bertz CT molecular complexity index is 669. The third kappa shape index (κ3) is 5.57. The highest BCUT2D eigenvalue weighted by atomic mass is 32.2. The van der Waals surface area contributed by atoms with Crippen LogP contribution in [-0.2, 0) is 16.5 Å². The van der Waals surface area contributed by atoms with Gasteiger partial charge in [0.05, 0.1) is 5.75 Å². The van der Waals surface area contributed by atoms with E-state index in [9.17, 15) is 8.42 Å². The number of rotatable bonds is 7. The number of hydrogen-bond acceptors (Lipinski definition) is 3. The molecule has 2 N–H and O–H groups in total. The first kappa shape index (κ1) is 15.5. The molecule has 0 heterocycles. The van der Waals surface area contributed by atoms with Gasteiger partial charge in [-0.2, -0.15) is 8.42 Å². The summed E-state index contributed by atoms with van der Waals surface area (Å²) < 4.78 is 30.1. The molecule has 0 aromatic heterocycles. The van der Waals surface area contributed by atoms with E-state index in [2.05, 4.69) is 23.5 Å². The van der Waals surface area contributed by atoms with E-state index in [0.29, 0.717) is 13.0 Å². The van der Waals surface area contributed by atoms with Gasteiger partial charge >= 0.3 is 0 Å². The molecular weight excluding hydrogens is 286 g/mol. The lowest BCUT2D eigenvalue weighted by Gasteiger charge is -2.12. The fraction of sp³-hybridized carbons (Fsp3) is 0.250. The summed E-state index contributed by atoms with van der Waals surface area (Å²) >= 11 is 0. The van der Waals surface area contributed by atoms with Crippen molar-refractivity contribution in [3.63, 3.8) is 0 Å². The summed E-state index contributed by atoms with van der Waals surface area (Å²) in [5.74, 6) is -0.221. The molecule has 4 nitrogen and oxygen atoms in total. The highest BCUT2D eigenvalue weighted by molar-refractivity contribution is 7.85. The second-order valence-corrected chi connectivity index (χ2v) is 6.46. The minimum atomic E-state index is -3.88. The minimum Gasteiger partial charge on any atom is -0.385 e. The molecule has 2 rings (SSSR count). The van der Waals surface area contributed by atoms with Gasteiger partial charge in [0.25, 0.3) is 10.1 Å². The van der Waals surface area contributed by atoms with E-state index < -0.39 is 10.1 Å². The summed E-state index contributed by atoms with van der Waals surface area (Å²) in [5.41, 5.74) is 3.39. The zero-order valence-electron chi connectivity index (χ0n) is 11.7. The summed E-state index contributed by atoms with van der Waals surface area (Å²) in [4.78, 5) is 0. The first-order chi connectivity index (χ1) is 10.0. The molecule has 5 heteroatoms. The lowest BCUT2D eigenvalue weighted by atomic mass is 10.0. The Kier molecular flexibility index (Phi) is 5.36. The van der Waals surface area contributed by atoms with Crippen molar-refractivity contribution in [2.24, 2.45) is 0 Å². The van der Waals surface area contributed by atoms with Crippen LogP contribution in [-0.4, -0.2) is 25.3 Å². The maximum atomic E-state index is 10.7. The molecular formula is C16H19NO3S. The first-order valence-corrected chi connectivity index (χ1v) is 8.46. The van der Waals surface area contributed by atoms with Crippen molar-refractivity contribution >= 4 is 15.8 Å². The predicted molar refractivity (Wildman–Crippen MR) is 85.2 cm³/mol. The van der Waals surface area contributed by atoms with Crippen LogP contribution in [0.5, 0.6) is 0 Å². The smallest absolute Gasteiger partial charge is 0.264 e. The van der Waals surface area contributed by atoms with Gasteiger partial charge in [-0.05, 0) is 30.0 Å². The predicted octanol–water partition coefficient (Wildman–Crippen LogP) is 2.97. The zero-order valence-corrected chi connectivity index (χ0v) is 12.5. The number of hydrogen-bond donors (Lipinski definition) is 2. The monoisotopic (exact) mass is 305 g/mol. The van der Waals surface area contributed by atoms with E-state index in [-0.39, 0.29) is 5.75 Å². The molecule has 0 saturated heterocycles. The van der Waals surface area contributed by atoms with Crippen LogP contribution in [0.1, 0.15) is 17.5 Å². The lowest BCUT2D eigenvalue weighted by Crippen LogP contribution is -2.11. The Hall–Kier alpha value is -1.85. The van der Waals surface area contributed by atoms with Gasteiger partial charge in [0.2, 0.25) is 0 Å². The van der Waals surface area contributed by atoms with Crippen LogP contribution >= 0.6 is 0 Å². The number of nitrogens with one attached hydrogen (secondary N) is 1. The molecule has 0 spiro atoms. The van der Waals surface area contributed by atoms with E-state index in [4.69, 9.17) is 4.55 Å². The Morgan fingerprint density at radius 1 is 0.952 bits per heavy atom. The van der Waals surface area contributed by atoms with E-state index >= 15 is 0 Å². The summed E-state index contributed by atoms with van der Waals surface area (Å²) in [5, 5.41) is 3.23. The van der Waals surface area contributed by atoms with Gasteiger partial charge in [-0.1, -0.05) is 48.5 Å². The van der Waals surface area contributed by atoms with Crippen LogP contribution in [0, 0.1) is 0 Å². The molecule has 0 aliphatic heterocycles. The van der Waals surface area contributed by atoms with Gasteiger partial charge in [0, 0.05) is 12.2 Å². The van der Waals surface area contributed by atoms with Gasteiger partial charge in [0.1, 0.15) is 0 Å². The lowest BCUT2D eigenvalue weighted by molar-refractivity contribution is 0.481. The zero-order chi connectivity index (χ0) is 15.1. The van der Waals surface area contributed by atoms with E-state index in [1.807, 2.05) is 36.4 Å². The van der Waals surface area contributed by atoms with Crippen LogP contribution in [0.3, 0.4) is 0 Å². The van der Waals surface area contributed by atoms with E-state index in [0.717, 1.165) is 17.7 Å². The van der Waals surface area contributed by atoms with Gasteiger partial charge in [0.15, 0.2) is 0 Å². The van der Waals surface area contributed by atoms with Crippen molar-refractivity contribution in [1.29, 1.82) is 0 Å². The number of anilines is 1. The molecule has 0 amide bonds. The summed E-state index contributed by atoms with van der Waals surface area (Å²) in [6.07, 6.45) is 1.20. The third-order valence-electron chi connectivity index (χ3n) is 3.15. The average Bonchev–Trinajstić information content (AvgIpc) is 2.45. The number of para-hydroxylation sites is 1. The molecule has 2 aromatic carbocycles. The van der Waals surface area contributed by atoms with E-state index in [1.54, 1.807) is 0 Å². The highest BCUT2D eigenvalue weighted by Crippen LogP contribution is 2.19. The maximum Gasteiger partial charge on any atom is 0.264 e. The molecule has 0 fully saturated rings. The standard InChI is InChI=1S/C16H19NO3S/c18-21(19,20)12-6-11-17-16-10-5-4-9-15(16)13-14-7-2-1-3-8-14/h1-5,7-10,17H,6,11-13H2,(H,18,19,20). The summed E-state index contributed by atoms with van der Waals surface area (Å²) in [6.45, 7) is 0.506. The average molecular weight is 305 g/mol. The Morgan fingerprint density at radius 3 is 2.33 bits per heavy atom. The first-order valence-electron chi connectivity index (χ1n) is 6.85. The molecule has 0 bridgehead atoms. The highest BCUT2D eigenvalue weighted by Gasteiger charge is 2.05. The van der Waals surface area contributed by atoms with Crippen LogP contribution in [0.25, 0.3) is 0 Å². The van der Waals surface area contributed by atoms with Crippen molar-refractivity contribution in [1.82, 2.24) is 0 Å². The van der Waals surface area contributed by atoms with Gasteiger partial charge in [-0.25, -0.2) is 0 Å². The topological polar surface area (TPSA) is 66.4 Å². The molecule has 0 aliphatic rings. The molecule has 0 radical (unpaired) electrons. The fourth-order valence-electron chi connectivity index (χ4n) is 2.14. The van der Waals surface area contributed by atoms with Crippen LogP contribution < -0.4 is 5.32 Å². The SMILES string of the molecule is O=S(=O)(O)CCCNc1ccccc1Cc1ccccc1. The Balaban J connectivity index is 1.97. The van der Waals surface area contributed by atoms with Crippen LogP contribution in [0.2, 0.25) is 0 Å². The van der Waals surface area contributed by atoms with Crippen molar-refractivity contribution in [2.45, 2.75) is 12.8 Å². The van der Waals surface area contributed by atoms with Crippen molar-refractivity contribution in [3.05, 3.63) is 65.7 Å². The largest absolute Gasteiger partial charge is 0.385 e. The Morgan fingerprint density at radius 2 is 1.62 bits per heavy atom. The molecule has 21 heavy (non-hydrogen) atoms.